The molecule has 0 bridgehead atoms. The second kappa shape index (κ2) is 10.3. The van der Waals surface area contributed by atoms with Crippen LogP contribution in [0.3, 0.4) is 0 Å². The van der Waals surface area contributed by atoms with Crippen molar-refractivity contribution >= 4 is 51.8 Å². The highest BCUT2D eigenvalue weighted by molar-refractivity contribution is 14.1. The van der Waals surface area contributed by atoms with Crippen molar-refractivity contribution < 1.29 is 23.1 Å². The van der Waals surface area contributed by atoms with Gasteiger partial charge in [-0.15, -0.1) is 0 Å². The molecule has 13 heteroatoms. The number of oxazole rings is 1. The van der Waals surface area contributed by atoms with Crippen LogP contribution in [0.25, 0.3) is 0 Å². The molecule has 2 aromatic heterocycles. The summed E-state index contributed by atoms with van der Waals surface area (Å²) in [4.78, 5) is 29.2. The zero-order valence-corrected chi connectivity index (χ0v) is 21.5. The highest BCUT2D eigenvalue weighted by Crippen LogP contribution is 2.46. The molecule has 3 aromatic rings. The van der Waals surface area contributed by atoms with Crippen LogP contribution in [0.4, 0.5) is 10.1 Å². The molecule has 4 atom stereocenters. The Morgan fingerprint density at radius 2 is 2.17 bits per heavy atom. The van der Waals surface area contributed by atoms with E-state index in [0.717, 1.165) is 0 Å². The second-order valence-corrected chi connectivity index (χ2v) is 9.52. The van der Waals surface area contributed by atoms with Crippen LogP contribution >= 0.6 is 34.2 Å². The maximum atomic E-state index is 15.1. The Balaban J connectivity index is 1.55. The number of nitrogens with two attached hydrogens (primary N) is 1. The third-order valence-corrected chi connectivity index (χ3v) is 7.70. The zero-order valence-electron chi connectivity index (χ0n) is 18.6. The van der Waals surface area contributed by atoms with E-state index in [2.05, 4.69) is 47.9 Å². The average molecular weight is 615 g/mol. The number of amides is 1. The first-order chi connectivity index (χ1) is 16.7. The van der Waals surface area contributed by atoms with E-state index < -0.39 is 27.6 Å². The van der Waals surface area contributed by atoms with E-state index >= 15 is 4.39 Å². The van der Waals surface area contributed by atoms with Gasteiger partial charge in [0, 0.05) is 16.3 Å². The predicted molar refractivity (Wildman–Crippen MR) is 134 cm³/mol. The summed E-state index contributed by atoms with van der Waals surface area (Å²) in [5, 5.41) is 3.02. The first kappa shape index (κ1) is 25.1. The number of anilines is 1. The van der Waals surface area contributed by atoms with Crippen molar-refractivity contribution in [1.82, 2.24) is 15.0 Å². The Bertz CT molecular complexity index is 1230. The molecule has 1 unspecified atom stereocenters. The van der Waals surface area contributed by atoms with Crippen molar-refractivity contribution in [3.05, 3.63) is 65.2 Å². The van der Waals surface area contributed by atoms with E-state index in [1.165, 1.54) is 32.0 Å². The Hall–Kier alpha value is -3.00. The summed E-state index contributed by atoms with van der Waals surface area (Å²) >= 11 is 8.57. The molecule has 10 nitrogen and oxygen atoms in total. The molecule has 3 N–H and O–H groups in total. The number of aromatic nitrogens is 3. The molecule has 1 aliphatic heterocycles. The molecule has 0 saturated heterocycles. The van der Waals surface area contributed by atoms with E-state index in [0.29, 0.717) is 16.9 Å². The highest BCUT2D eigenvalue weighted by Gasteiger charge is 2.52. The molecule has 0 aliphatic carbocycles. The van der Waals surface area contributed by atoms with Crippen LogP contribution in [0.15, 0.2) is 52.7 Å². The number of ether oxygens (including phenoxy) is 2. The lowest BCUT2D eigenvalue weighted by Crippen LogP contribution is -2.53. The first-order valence-corrected chi connectivity index (χ1v) is 12.1. The average Bonchev–Trinajstić information content (AvgIpc) is 3.35. The van der Waals surface area contributed by atoms with Crippen LogP contribution in [0.1, 0.15) is 35.6 Å². The minimum absolute atomic E-state index is 0.0533. The second-order valence-electron chi connectivity index (χ2n) is 7.77. The van der Waals surface area contributed by atoms with Crippen LogP contribution in [-0.4, -0.2) is 43.1 Å². The number of rotatable bonds is 7. The van der Waals surface area contributed by atoms with Gasteiger partial charge in [0.25, 0.3) is 11.9 Å². The molecule has 1 aromatic carbocycles. The number of alkyl halides is 2. The molecule has 1 amide bonds. The zero-order chi connectivity index (χ0) is 25.2. The van der Waals surface area contributed by atoms with Gasteiger partial charge < -0.3 is 24.9 Å². The monoisotopic (exact) mass is 614 g/mol. The maximum Gasteiger partial charge on any atom is 0.283 e. The summed E-state index contributed by atoms with van der Waals surface area (Å²) in [7, 11) is 0. The summed E-state index contributed by atoms with van der Waals surface area (Å²) in [6.45, 7) is 3.32. The minimum Gasteiger partial charge on any atom is -0.470 e. The molecule has 3 heterocycles. The van der Waals surface area contributed by atoms with Gasteiger partial charge in [-0.1, -0.05) is 34.2 Å². The van der Waals surface area contributed by atoms with Crippen molar-refractivity contribution in [2.75, 3.05) is 5.32 Å². The largest absolute Gasteiger partial charge is 0.470 e. The molecule has 1 aliphatic rings. The lowest BCUT2D eigenvalue weighted by atomic mass is 9.80. The SMILES string of the molecule is CC(F)[C@]1(c2cc(NC(=O)c3cnc(OCc4cocn4)cn3)ccc2Cl)N=C(N)O[C@H](C)[C@@H]1I. The number of amidine groups is 1. The summed E-state index contributed by atoms with van der Waals surface area (Å²) < 4.78 is 30.5. The number of carbonyl (C=O) groups is 1. The molecular weight excluding hydrogens is 594 g/mol. The van der Waals surface area contributed by atoms with Crippen LogP contribution in [0, 0.1) is 0 Å². The fourth-order valence-corrected chi connectivity index (χ4v) is 5.07. The summed E-state index contributed by atoms with van der Waals surface area (Å²) in [5.74, 6) is -0.306. The third kappa shape index (κ3) is 5.17. The minimum atomic E-state index is -1.45. The Labute approximate surface area is 218 Å². The van der Waals surface area contributed by atoms with Gasteiger partial charge in [-0.25, -0.2) is 24.3 Å². The van der Waals surface area contributed by atoms with E-state index in [4.69, 9.17) is 31.2 Å². The van der Waals surface area contributed by atoms with Gasteiger partial charge in [-0.3, -0.25) is 4.79 Å². The molecule has 184 valence electrons. The number of aliphatic imine (C=N–C) groups is 1. The van der Waals surface area contributed by atoms with E-state index in [1.54, 1.807) is 25.1 Å². The van der Waals surface area contributed by atoms with Crippen LogP contribution in [0.2, 0.25) is 5.02 Å². The Morgan fingerprint density at radius 3 is 2.83 bits per heavy atom. The fourth-order valence-electron chi connectivity index (χ4n) is 3.68. The van der Waals surface area contributed by atoms with Gasteiger partial charge in [-0.2, -0.15) is 0 Å². The van der Waals surface area contributed by atoms with E-state index in [-0.39, 0.29) is 29.2 Å². The molecule has 0 fully saturated rings. The van der Waals surface area contributed by atoms with Crippen LogP contribution in [0.5, 0.6) is 5.88 Å². The quantitative estimate of drug-likeness (QED) is 0.301. The number of nitrogens with zero attached hydrogens (tertiary/aromatic N) is 4. The standard InChI is InChI=1S/C22H21ClFIN6O4/c1-11-19(25)22(12(2)24,31-21(26)35-11)15-5-13(3-4-16(15)23)30-20(32)17-6-28-18(7-27-17)34-9-14-8-33-10-29-14/h3-8,10-12,19H,9H2,1-2H3,(H2,26,31)(H,30,32)/t11-,12?,19+,22-/m1/s1. The van der Waals surface area contributed by atoms with Gasteiger partial charge in [-0.05, 0) is 32.0 Å². The molecule has 4 rings (SSSR count). The molecular formula is C22H21ClFIN6O4. The number of hydrogen-bond donors (Lipinski definition) is 2. The summed E-state index contributed by atoms with van der Waals surface area (Å²) in [6, 6.07) is 4.63. The fraction of sp³-hybridized carbons (Fsp3) is 0.318. The van der Waals surface area contributed by atoms with Gasteiger partial charge in [0.1, 0.15) is 42.1 Å². The Kier molecular flexibility index (Phi) is 7.40. The van der Waals surface area contributed by atoms with Crippen molar-refractivity contribution in [2.45, 2.75) is 42.2 Å². The number of benzene rings is 1. The maximum absolute atomic E-state index is 15.1. The lowest BCUT2D eigenvalue weighted by molar-refractivity contribution is 0.0991. The lowest BCUT2D eigenvalue weighted by Gasteiger charge is -2.42. The van der Waals surface area contributed by atoms with Crippen LogP contribution < -0.4 is 15.8 Å². The highest BCUT2D eigenvalue weighted by atomic mass is 127. The smallest absolute Gasteiger partial charge is 0.283 e. The number of nitrogens with one attached hydrogen (secondary N) is 1. The molecule has 0 spiro atoms. The first-order valence-electron chi connectivity index (χ1n) is 10.4. The van der Waals surface area contributed by atoms with Crippen LogP contribution in [-0.2, 0) is 16.9 Å². The van der Waals surface area contributed by atoms with Gasteiger partial charge in [0.05, 0.1) is 16.3 Å². The van der Waals surface area contributed by atoms with Gasteiger partial charge in [0.15, 0.2) is 6.39 Å². The Morgan fingerprint density at radius 1 is 1.37 bits per heavy atom. The van der Waals surface area contributed by atoms with Crippen molar-refractivity contribution in [3.8, 4) is 5.88 Å². The topological polar surface area (TPSA) is 138 Å². The normalized spacial score (nSPS) is 22.6. The predicted octanol–water partition coefficient (Wildman–Crippen LogP) is 4.04. The van der Waals surface area contributed by atoms with Crippen molar-refractivity contribution in [1.29, 1.82) is 0 Å². The van der Waals surface area contributed by atoms with Crippen molar-refractivity contribution in [3.63, 3.8) is 0 Å². The van der Waals surface area contributed by atoms with Gasteiger partial charge in [0.2, 0.25) is 5.88 Å². The number of hydrogen-bond acceptors (Lipinski definition) is 9. The van der Waals surface area contributed by atoms with E-state index in [9.17, 15) is 4.79 Å². The third-order valence-electron chi connectivity index (χ3n) is 5.41. The summed E-state index contributed by atoms with van der Waals surface area (Å²) in [6.07, 6.45) is 3.48. The number of carbonyl (C=O) groups excluding carboxylic acids is 1. The molecule has 0 radical (unpaired) electrons. The molecule has 35 heavy (non-hydrogen) atoms. The van der Waals surface area contributed by atoms with Crippen molar-refractivity contribution in [2.24, 2.45) is 10.7 Å². The summed E-state index contributed by atoms with van der Waals surface area (Å²) in [5.41, 5.74) is 5.85. The number of halogens is 3. The van der Waals surface area contributed by atoms with E-state index in [1.807, 2.05) is 0 Å². The van der Waals surface area contributed by atoms with Gasteiger partial charge >= 0.3 is 0 Å². The molecule has 0 saturated carbocycles.